The molecule has 0 N–H and O–H groups in total. The number of halogens is 2. The van der Waals surface area contributed by atoms with Gasteiger partial charge >= 0.3 is 0 Å². The van der Waals surface area contributed by atoms with E-state index < -0.39 is 5.82 Å². The Hall–Kier alpha value is -1.86. The Labute approximate surface area is 96.7 Å². The third-order valence-electron chi connectivity index (χ3n) is 2.10. The fraction of sp³-hybridized carbons (Fsp3) is 0.0909. The molecule has 0 spiro atoms. The van der Waals surface area contributed by atoms with Crippen molar-refractivity contribution in [2.24, 2.45) is 0 Å². The van der Waals surface area contributed by atoms with Gasteiger partial charge in [0.05, 0.1) is 23.1 Å². The fourth-order valence-corrected chi connectivity index (χ4v) is 1.51. The highest BCUT2D eigenvalue weighted by molar-refractivity contribution is 6.31. The lowest BCUT2D eigenvalue weighted by molar-refractivity contribution is 0.628. The summed E-state index contributed by atoms with van der Waals surface area (Å²) < 4.78 is 14.6. The number of hydrogen-bond donors (Lipinski definition) is 0. The van der Waals surface area contributed by atoms with Crippen LogP contribution in [0.5, 0.6) is 0 Å². The van der Waals surface area contributed by atoms with Gasteiger partial charge in [-0.2, -0.15) is 5.26 Å². The van der Waals surface area contributed by atoms with Crippen LogP contribution in [0.4, 0.5) is 4.39 Å². The van der Waals surface area contributed by atoms with Crippen molar-refractivity contribution in [3.8, 4) is 17.3 Å². The largest absolute Gasteiger partial charge is 0.323 e. The summed E-state index contributed by atoms with van der Waals surface area (Å²) in [6.45, 7) is 0.238. The summed E-state index contributed by atoms with van der Waals surface area (Å²) in [6, 6.07) is 6.41. The standard InChI is InChI=1S/C11H7ClFN3/c12-9-5-8(1-2-10(9)13)11-6-16(4-3-14)7-15-11/h1-2,5-7H,4H2. The lowest BCUT2D eigenvalue weighted by atomic mass is 10.2. The van der Waals surface area contributed by atoms with Gasteiger partial charge in [-0.3, -0.25) is 0 Å². The highest BCUT2D eigenvalue weighted by atomic mass is 35.5. The smallest absolute Gasteiger partial charge is 0.141 e. The molecular formula is C11H7ClFN3. The Morgan fingerprint density at radius 1 is 1.50 bits per heavy atom. The predicted molar refractivity (Wildman–Crippen MR) is 58.2 cm³/mol. The minimum absolute atomic E-state index is 0.0623. The van der Waals surface area contributed by atoms with E-state index in [0.717, 1.165) is 5.56 Å². The van der Waals surface area contributed by atoms with Gasteiger partial charge in [-0.15, -0.1) is 0 Å². The van der Waals surface area contributed by atoms with Crippen LogP contribution in [0.25, 0.3) is 11.3 Å². The van der Waals surface area contributed by atoms with Crippen molar-refractivity contribution < 1.29 is 4.39 Å². The molecule has 80 valence electrons. The zero-order valence-electron chi connectivity index (χ0n) is 8.19. The van der Waals surface area contributed by atoms with Crippen molar-refractivity contribution >= 4 is 11.6 Å². The van der Waals surface area contributed by atoms with Crippen molar-refractivity contribution in [1.82, 2.24) is 9.55 Å². The minimum Gasteiger partial charge on any atom is -0.323 e. The molecule has 0 saturated heterocycles. The Balaban J connectivity index is 2.36. The first-order valence-electron chi connectivity index (χ1n) is 4.55. The van der Waals surface area contributed by atoms with E-state index in [1.807, 2.05) is 6.07 Å². The molecule has 0 amide bonds. The molecule has 0 atom stereocenters. The van der Waals surface area contributed by atoms with E-state index in [2.05, 4.69) is 4.98 Å². The van der Waals surface area contributed by atoms with E-state index >= 15 is 0 Å². The highest BCUT2D eigenvalue weighted by Gasteiger charge is 2.05. The van der Waals surface area contributed by atoms with E-state index in [4.69, 9.17) is 16.9 Å². The number of aromatic nitrogens is 2. The second-order valence-electron chi connectivity index (χ2n) is 3.22. The molecule has 0 unspecified atom stereocenters. The quantitative estimate of drug-likeness (QED) is 0.803. The first-order valence-corrected chi connectivity index (χ1v) is 4.92. The number of rotatable bonds is 2. The zero-order chi connectivity index (χ0) is 11.5. The molecule has 3 nitrogen and oxygen atoms in total. The average molecular weight is 236 g/mol. The van der Waals surface area contributed by atoms with Gasteiger partial charge in [-0.1, -0.05) is 11.6 Å². The topological polar surface area (TPSA) is 41.6 Å². The maximum absolute atomic E-state index is 12.9. The molecule has 0 saturated carbocycles. The van der Waals surface area contributed by atoms with Crippen LogP contribution in [0, 0.1) is 17.1 Å². The monoisotopic (exact) mass is 235 g/mol. The summed E-state index contributed by atoms with van der Waals surface area (Å²) in [7, 11) is 0. The summed E-state index contributed by atoms with van der Waals surface area (Å²) in [5, 5.41) is 8.57. The summed E-state index contributed by atoms with van der Waals surface area (Å²) in [5.41, 5.74) is 1.39. The van der Waals surface area contributed by atoms with Gasteiger partial charge in [0.2, 0.25) is 0 Å². The van der Waals surface area contributed by atoms with Crippen LogP contribution in [0.3, 0.4) is 0 Å². The van der Waals surface area contributed by atoms with E-state index in [1.165, 1.54) is 12.1 Å². The van der Waals surface area contributed by atoms with Crippen LogP contribution in [-0.4, -0.2) is 9.55 Å². The average Bonchev–Trinajstić information content (AvgIpc) is 2.71. The lowest BCUT2D eigenvalue weighted by Crippen LogP contribution is -1.89. The third-order valence-corrected chi connectivity index (χ3v) is 2.39. The maximum atomic E-state index is 12.9. The normalized spacial score (nSPS) is 10.1. The molecule has 2 rings (SSSR count). The third kappa shape index (κ3) is 2.05. The van der Waals surface area contributed by atoms with Gasteiger partial charge in [-0.25, -0.2) is 9.37 Å². The molecule has 2 aromatic rings. The zero-order valence-corrected chi connectivity index (χ0v) is 8.95. The van der Waals surface area contributed by atoms with E-state index in [-0.39, 0.29) is 11.6 Å². The van der Waals surface area contributed by atoms with E-state index in [0.29, 0.717) is 5.69 Å². The van der Waals surface area contributed by atoms with Gasteiger partial charge in [-0.05, 0) is 18.2 Å². The van der Waals surface area contributed by atoms with Crippen molar-refractivity contribution in [1.29, 1.82) is 5.26 Å². The van der Waals surface area contributed by atoms with Crippen molar-refractivity contribution in [2.75, 3.05) is 0 Å². The Morgan fingerprint density at radius 3 is 3.00 bits per heavy atom. The second kappa shape index (κ2) is 4.33. The molecule has 0 radical (unpaired) electrons. The first kappa shape index (κ1) is 10.7. The minimum atomic E-state index is -0.457. The van der Waals surface area contributed by atoms with Gasteiger partial charge in [0.15, 0.2) is 0 Å². The lowest BCUT2D eigenvalue weighted by Gasteiger charge is -1.98. The summed E-state index contributed by atoms with van der Waals surface area (Å²) in [5.74, 6) is -0.457. The number of benzene rings is 1. The molecule has 5 heteroatoms. The Morgan fingerprint density at radius 2 is 2.31 bits per heavy atom. The van der Waals surface area contributed by atoms with Crippen molar-refractivity contribution in [3.63, 3.8) is 0 Å². The van der Waals surface area contributed by atoms with Crippen LogP contribution in [0.2, 0.25) is 5.02 Å². The molecule has 1 aromatic heterocycles. The number of nitriles is 1. The van der Waals surface area contributed by atoms with Crippen LogP contribution >= 0.6 is 11.6 Å². The van der Waals surface area contributed by atoms with Gasteiger partial charge in [0, 0.05) is 11.8 Å². The van der Waals surface area contributed by atoms with Crippen LogP contribution in [-0.2, 0) is 6.54 Å². The van der Waals surface area contributed by atoms with E-state index in [9.17, 15) is 4.39 Å². The predicted octanol–water partition coefficient (Wildman–Crippen LogP) is 2.87. The van der Waals surface area contributed by atoms with Crippen LogP contribution < -0.4 is 0 Å². The first-order chi connectivity index (χ1) is 7.70. The summed E-state index contributed by atoms with van der Waals surface area (Å²) in [6.07, 6.45) is 3.27. The SMILES string of the molecule is N#CCn1cnc(-c2ccc(F)c(Cl)c2)c1. The fourth-order valence-electron chi connectivity index (χ4n) is 1.33. The molecule has 0 aliphatic carbocycles. The van der Waals surface area contributed by atoms with Crippen LogP contribution in [0.1, 0.15) is 0 Å². The number of nitrogens with zero attached hydrogens (tertiary/aromatic N) is 3. The molecule has 16 heavy (non-hydrogen) atoms. The number of hydrogen-bond acceptors (Lipinski definition) is 2. The molecule has 1 aromatic carbocycles. The summed E-state index contributed by atoms with van der Waals surface area (Å²) >= 11 is 5.67. The van der Waals surface area contributed by atoms with Gasteiger partial charge in [0.1, 0.15) is 12.4 Å². The Kier molecular flexibility index (Phi) is 2.88. The molecule has 0 aliphatic rings. The molecular weight excluding hydrogens is 229 g/mol. The van der Waals surface area contributed by atoms with E-state index in [1.54, 1.807) is 23.2 Å². The second-order valence-corrected chi connectivity index (χ2v) is 3.63. The summed E-state index contributed by atoms with van der Waals surface area (Å²) in [4.78, 5) is 4.11. The molecule has 1 heterocycles. The van der Waals surface area contributed by atoms with Crippen molar-refractivity contribution in [3.05, 3.63) is 41.6 Å². The van der Waals surface area contributed by atoms with Crippen molar-refractivity contribution in [2.45, 2.75) is 6.54 Å². The number of imidazole rings is 1. The molecule has 0 aliphatic heterocycles. The van der Waals surface area contributed by atoms with Crippen LogP contribution in [0.15, 0.2) is 30.7 Å². The molecule has 0 bridgehead atoms. The van der Waals surface area contributed by atoms with Gasteiger partial charge < -0.3 is 4.57 Å². The molecule has 0 fully saturated rings. The highest BCUT2D eigenvalue weighted by Crippen LogP contribution is 2.23. The Bertz CT molecular complexity index is 557. The van der Waals surface area contributed by atoms with Gasteiger partial charge in [0.25, 0.3) is 0 Å². The maximum Gasteiger partial charge on any atom is 0.141 e.